The van der Waals surface area contributed by atoms with Gasteiger partial charge in [-0.1, -0.05) is 17.8 Å². The number of nitrogens with one attached hydrogen (secondary N) is 1. The highest BCUT2D eigenvalue weighted by Gasteiger charge is 2.06. The number of aromatic nitrogens is 4. The lowest BCUT2D eigenvalue weighted by Gasteiger charge is -2.07. The van der Waals surface area contributed by atoms with Crippen LogP contribution in [0.25, 0.3) is 0 Å². The Morgan fingerprint density at radius 3 is 2.83 bits per heavy atom. The Balaban J connectivity index is 1.56. The summed E-state index contributed by atoms with van der Waals surface area (Å²) in [5.74, 6) is -0.0526. The van der Waals surface area contributed by atoms with Gasteiger partial charge in [-0.05, 0) is 36.8 Å². The molecular formula is C17H17N5OS. The number of aryl methyl sites for hydroxylation is 2. The van der Waals surface area contributed by atoms with Crippen molar-refractivity contribution in [2.45, 2.75) is 29.9 Å². The maximum atomic E-state index is 12.1. The van der Waals surface area contributed by atoms with E-state index in [1.54, 1.807) is 29.3 Å². The van der Waals surface area contributed by atoms with Gasteiger partial charge in [0.05, 0.1) is 6.20 Å². The third-order valence-corrected chi connectivity index (χ3v) is 4.08. The standard InChI is InChI=1S/C17H17N5OS/c1-13-11-20-22(12-13)9-6-15(23)21-14-5-8-19-17(10-14)24-16-4-2-3-7-18-16/h2-5,7-8,10-12H,6,9H2,1H3,(H,19,21,23). The molecule has 0 aliphatic heterocycles. The Kier molecular flexibility index (Phi) is 5.22. The van der Waals surface area contributed by atoms with Gasteiger partial charge in [0.2, 0.25) is 5.91 Å². The molecule has 0 aromatic carbocycles. The quantitative estimate of drug-likeness (QED) is 0.747. The molecule has 0 saturated carbocycles. The summed E-state index contributed by atoms with van der Waals surface area (Å²) in [4.78, 5) is 20.6. The zero-order valence-electron chi connectivity index (χ0n) is 13.2. The number of amides is 1. The summed E-state index contributed by atoms with van der Waals surface area (Å²) in [6.45, 7) is 2.53. The second-order valence-corrected chi connectivity index (χ2v) is 6.27. The first kappa shape index (κ1) is 16.2. The highest BCUT2D eigenvalue weighted by atomic mass is 32.2. The summed E-state index contributed by atoms with van der Waals surface area (Å²) in [6.07, 6.45) is 7.48. The molecule has 1 N–H and O–H groups in total. The molecule has 0 spiro atoms. The molecule has 122 valence electrons. The largest absolute Gasteiger partial charge is 0.326 e. The van der Waals surface area contributed by atoms with E-state index in [0.717, 1.165) is 21.3 Å². The third kappa shape index (κ3) is 4.66. The lowest BCUT2D eigenvalue weighted by molar-refractivity contribution is -0.116. The molecule has 3 rings (SSSR count). The number of carbonyl (C=O) groups excluding carboxylic acids is 1. The van der Waals surface area contributed by atoms with Gasteiger partial charge in [-0.15, -0.1) is 0 Å². The van der Waals surface area contributed by atoms with Crippen LogP contribution in [0.15, 0.2) is 65.2 Å². The van der Waals surface area contributed by atoms with E-state index in [-0.39, 0.29) is 5.91 Å². The molecule has 3 aromatic rings. The monoisotopic (exact) mass is 339 g/mol. The van der Waals surface area contributed by atoms with Crippen LogP contribution in [0.3, 0.4) is 0 Å². The number of hydrogen-bond acceptors (Lipinski definition) is 5. The SMILES string of the molecule is Cc1cnn(CCC(=O)Nc2ccnc(Sc3ccccn3)c2)c1. The Hall–Kier alpha value is -2.67. The van der Waals surface area contributed by atoms with Crippen molar-refractivity contribution in [3.05, 3.63) is 60.7 Å². The van der Waals surface area contributed by atoms with Crippen LogP contribution < -0.4 is 5.32 Å². The number of carbonyl (C=O) groups is 1. The zero-order chi connectivity index (χ0) is 16.8. The van der Waals surface area contributed by atoms with Crippen molar-refractivity contribution < 1.29 is 4.79 Å². The number of hydrogen-bond donors (Lipinski definition) is 1. The molecule has 0 fully saturated rings. The van der Waals surface area contributed by atoms with Gasteiger partial charge in [-0.25, -0.2) is 9.97 Å². The van der Waals surface area contributed by atoms with Crippen LogP contribution in [0, 0.1) is 6.92 Å². The number of nitrogens with zero attached hydrogens (tertiary/aromatic N) is 4. The predicted molar refractivity (Wildman–Crippen MR) is 92.8 cm³/mol. The molecule has 0 atom stereocenters. The first-order valence-corrected chi connectivity index (χ1v) is 8.34. The van der Waals surface area contributed by atoms with Gasteiger partial charge >= 0.3 is 0 Å². The Morgan fingerprint density at radius 2 is 2.08 bits per heavy atom. The van der Waals surface area contributed by atoms with Crippen LogP contribution in [-0.2, 0) is 11.3 Å². The highest BCUT2D eigenvalue weighted by molar-refractivity contribution is 7.99. The number of rotatable bonds is 6. The van der Waals surface area contributed by atoms with Crippen molar-refractivity contribution in [3.63, 3.8) is 0 Å². The van der Waals surface area contributed by atoms with Gasteiger partial charge in [0, 0.05) is 37.2 Å². The van der Waals surface area contributed by atoms with E-state index in [1.807, 2.05) is 37.4 Å². The average Bonchev–Trinajstić information content (AvgIpc) is 3.00. The van der Waals surface area contributed by atoms with Crippen molar-refractivity contribution in [2.75, 3.05) is 5.32 Å². The Morgan fingerprint density at radius 1 is 1.21 bits per heavy atom. The van der Waals surface area contributed by atoms with Crippen molar-refractivity contribution in [3.8, 4) is 0 Å². The van der Waals surface area contributed by atoms with Gasteiger partial charge in [0.1, 0.15) is 10.1 Å². The number of pyridine rings is 2. The molecule has 0 aliphatic rings. The summed E-state index contributed by atoms with van der Waals surface area (Å²) >= 11 is 1.45. The average molecular weight is 339 g/mol. The Bertz CT molecular complexity index is 819. The van der Waals surface area contributed by atoms with Crippen LogP contribution in [0.4, 0.5) is 5.69 Å². The predicted octanol–water partition coefficient (Wildman–Crippen LogP) is 3.16. The van der Waals surface area contributed by atoms with Gasteiger partial charge in [0.25, 0.3) is 0 Å². The molecular weight excluding hydrogens is 322 g/mol. The minimum atomic E-state index is -0.0526. The van der Waals surface area contributed by atoms with Crippen molar-refractivity contribution in [2.24, 2.45) is 0 Å². The fraction of sp³-hybridized carbons (Fsp3) is 0.176. The third-order valence-electron chi connectivity index (χ3n) is 3.20. The van der Waals surface area contributed by atoms with E-state index in [0.29, 0.717) is 13.0 Å². The maximum absolute atomic E-state index is 12.1. The van der Waals surface area contributed by atoms with E-state index in [4.69, 9.17) is 0 Å². The molecule has 0 aliphatic carbocycles. The second-order valence-electron chi connectivity index (χ2n) is 5.23. The molecule has 3 heterocycles. The summed E-state index contributed by atoms with van der Waals surface area (Å²) in [6, 6.07) is 9.34. The van der Waals surface area contributed by atoms with Crippen LogP contribution in [0.1, 0.15) is 12.0 Å². The smallest absolute Gasteiger partial charge is 0.226 e. The molecule has 24 heavy (non-hydrogen) atoms. The van der Waals surface area contributed by atoms with E-state index in [2.05, 4.69) is 20.4 Å². The molecule has 0 saturated heterocycles. The van der Waals surface area contributed by atoms with E-state index >= 15 is 0 Å². The molecule has 6 nitrogen and oxygen atoms in total. The van der Waals surface area contributed by atoms with Crippen molar-refractivity contribution in [1.29, 1.82) is 0 Å². The molecule has 3 aromatic heterocycles. The number of anilines is 1. The molecule has 7 heteroatoms. The van der Waals surface area contributed by atoms with Gasteiger partial charge < -0.3 is 5.32 Å². The van der Waals surface area contributed by atoms with E-state index < -0.39 is 0 Å². The summed E-state index contributed by atoms with van der Waals surface area (Å²) in [5.41, 5.74) is 1.81. The van der Waals surface area contributed by atoms with Crippen LogP contribution in [0.5, 0.6) is 0 Å². The first-order valence-electron chi connectivity index (χ1n) is 7.53. The Labute approximate surface area is 144 Å². The van der Waals surface area contributed by atoms with Gasteiger partial charge in [-0.3, -0.25) is 9.48 Å². The lowest BCUT2D eigenvalue weighted by Crippen LogP contribution is -2.14. The normalized spacial score (nSPS) is 10.5. The fourth-order valence-corrected chi connectivity index (χ4v) is 2.86. The van der Waals surface area contributed by atoms with Crippen LogP contribution >= 0.6 is 11.8 Å². The zero-order valence-corrected chi connectivity index (χ0v) is 14.0. The second kappa shape index (κ2) is 7.74. The minimum Gasteiger partial charge on any atom is -0.326 e. The summed E-state index contributed by atoms with van der Waals surface area (Å²) in [7, 11) is 0. The maximum Gasteiger partial charge on any atom is 0.226 e. The molecule has 0 radical (unpaired) electrons. The van der Waals surface area contributed by atoms with Crippen LogP contribution in [-0.4, -0.2) is 25.7 Å². The molecule has 0 bridgehead atoms. The fourth-order valence-electron chi connectivity index (χ4n) is 2.09. The summed E-state index contributed by atoms with van der Waals surface area (Å²) < 4.78 is 1.77. The highest BCUT2D eigenvalue weighted by Crippen LogP contribution is 2.25. The van der Waals surface area contributed by atoms with Crippen molar-refractivity contribution in [1.82, 2.24) is 19.7 Å². The van der Waals surface area contributed by atoms with Crippen molar-refractivity contribution >= 4 is 23.4 Å². The van der Waals surface area contributed by atoms with Crippen LogP contribution in [0.2, 0.25) is 0 Å². The topological polar surface area (TPSA) is 72.7 Å². The minimum absolute atomic E-state index is 0.0526. The molecule has 0 unspecified atom stereocenters. The lowest BCUT2D eigenvalue weighted by atomic mass is 10.3. The first-order chi connectivity index (χ1) is 11.7. The van der Waals surface area contributed by atoms with Gasteiger partial charge in [0.15, 0.2) is 0 Å². The van der Waals surface area contributed by atoms with Gasteiger partial charge in [-0.2, -0.15) is 5.10 Å². The molecule has 1 amide bonds. The summed E-state index contributed by atoms with van der Waals surface area (Å²) in [5, 5.41) is 8.71. The van der Waals surface area contributed by atoms with E-state index in [9.17, 15) is 4.79 Å². The van der Waals surface area contributed by atoms with E-state index in [1.165, 1.54) is 11.8 Å².